The standard InChI is InChI=1S/C15H22N2O2/c1-4-13-10-17(8-7-16(13)3)15(19)12-5-6-14(18)11(2)9-12/h5-6,9,13,18H,4,7-8,10H2,1-3H3. The second-order valence-corrected chi connectivity index (χ2v) is 5.30. The van der Waals surface area contributed by atoms with Gasteiger partial charge in [0.05, 0.1) is 0 Å². The Bertz CT molecular complexity index is 473. The van der Waals surface area contributed by atoms with Crippen molar-refractivity contribution in [1.82, 2.24) is 9.80 Å². The van der Waals surface area contributed by atoms with E-state index < -0.39 is 0 Å². The highest BCUT2D eigenvalue weighted by atomic mass is 16.3. The van der Waals surface area contributed by atoms with Gasteiger partial charge in [0, 0.05) is 31.2 Å². The predicted octanol–water partition coefficient (Wildman–Crippen LogP) is 1.87. The Hall–Kier alpha value is -1.55. The molecule has 1 heterocycles. The summed E-state index contributed by atoms with van der Waals surface area (Å²) < 4.78 is 0. The van der Waals surface area contributed by atoms with Gasteiger partial charge >= 0.3 is 0 Å². The van der Waals surface area contributed by atoms with Crippen molar-refractivity contribution >= 4 is 5.91 Å². The molecule has 1 aliphatic heterocycles. The number of aryl methyl sites for hydroxylation is 1. The van der Waals surface area contributed by atoms with Crippen LogP contribution in [0.1, 0.15) is 29.3 Å². The molecule has 1 aromatic rings. The Kier molecular flexibility index (Phi) is 4.10. The van der Waals surface area contributed by atoms with Gasteiger partial charge in [-0.05, 0) is 44.2 Å². The average molecular weight is 262 g/mol. The first-order chi connectivity index (χ1) is 9.02. The van der Waals surface area contributed by atoms with Crippen molar-refractivity contribution < 1.29 is 9.90 Å². The van der Waals surface area contributed by atoms with Gasteiger partial charge in [-0.2, -0.15) is 0 Å². The molecule has 4 heteroatoms. The van der Waals surface area contributed by atoms with E-state index in [1.165, 1.54) is 0 Å². The molecule has 0 aliphatic carbocycles. The van der Waals surface area contributed by atoms with Gasteiger partial charge in [0.2, 0.25) is 0 Å². The lowest BCUT2D eigenvalue weighted by Gasteiger charge is -2.39. The molecule has 0 spiro atoms. The molecular weight excluding hydrogens is 240 g/mol. The molecule has 0 bridgehead atoms. The summed E-state index contributed by atoms with van der Waals surface area (Å²) >= 11 is 0. The lowest BCUT2D eigenvalue weighted by molar-refractivity contribution is 0.0542. The first kappa shape index (κ1) is 13.9. The van der Waals surface area contributed by atoms with Crippen molar-refractivity contribution in [2.75, 3.05) is 26.7 Å². The molecule has 1 aromatic carbocycles. The molecule has 2 rings (SSSR count). The van der Waals surface area contributed by atoms with Crippen molar-refractivity contribution in [3.8, 4) is 5.75 Å². The van der Waals surface area contributed by atoms with E-state index in [-0.39, 0.29) is 11.7 Å². The number of rotatable bonds is 2. The summed E-state index contributed by atoms with van der Waals surface area (Å²) in [5.41, 5.74) is 1.40. The first-order valence-electron chi connectivity index (χ1n) is 6.82. The highest BCUT2D eigenvalue weighted by molar-refractivity contribution is 5.94. The van der Waals surface area contributed by atoms with E-state index in [2.05, 4.69) is 18.9 Å². The highest BCUT2D eigenvalue weighted by Crippen LogP contribution is 2.19. The maximum absolute atomic E-state index is 12.5. The third kappa shape index (κ3) is 2.89. The molecule has 104 valence electrons. The Morgan fingerprint density at radius 3 is 2.79 bits per heavy atom. The van der Waals surface area contributed by atoms with Crippen LogP contribution in [-0.4, -0.2) is 53.5 Å². The fourth-order valence-corrected chi connectivity index (χ4v) is 2.54. The smallest absolute Gasteiger partial charge is 0.253 e. The first-order valence-corrected chi connectivity index (χ1v) is 6.82. The molecule has 0 aromatic heterocycles. The fourth-order valence-electron chi connectivity index (χ4n) is 2.54. The van der Waals surface area contributed by atoms with Gasteiger partial charge in [0.15, 0.2) is 0 Å². The van der Waals surface area contributed by atoms with Gasteiger partial charge in [0.1, 0.15) is 5.75 Å². The van der Waals surface area contributed by atoms with Crippen molar-refractivity contribution in [2.24, 2.45) is 0 Å². The number of phenols is 1. The lowest BCUT2D eigenvalue weighted by atomic mass is 10.1. The Morgan fingerprint density at radius 2 is 2.16 bits per heavy atom. The molecule has 0 radical (unpaired) electrons. The second-order valence-electron chi connectivity index (χ2n) is 5.30. The molecule has 0 saturated carbocycles. The van der Waals surface area contributed by atoms with Crippen LogP contribution in [0.15, 0.2) is 18.2 Å². The number of piperazine rings is 1. The molecule has 1 unspecified atom stereocenters. The van der Waals surface area contributed by atoms with Gasteiger partial charge in [-0.15, -0.1) is 0 Å². The Balaban J connectivity index is 2.13. The van der Waals surface area contributed by atoms with Crippen LogP contribution in [0.4, 0.5) is 0 Å². The Morgan fingerprint density at radius 1 is 1.42 bits per heavy atom. The molecule has 19 heavy (non-hydrogen) atoms. The molecule has 1 fully saturated rings. The van der Waals surface area contributed by atoms with E-state index in [4.69, 9.17) is 0 Å². The van der Waals surface area contributed by atoms with E-state index in [1.54, 1.807) is 18.2 Å². The maximum Gasteiger partial charge on any atom is 0.253 e. The van der Waals surface area contributed by atoms with E-state index in [1.807, 2.05) is 11.8 Å². The number of carbonyl (C=O) groups is 1. The third-order valence-corrected chi connectivity index (χ3v) is 3.98. The minimum atomic E-state index is 0.0645. The molecular formula is C15H22N2O2. The lowest BCUT2D eigenvalue weighted by Crippen LogP contribution is -2.52. The van der Waals surface area contributed by atoms with Crippen LogP contribution in [0, 0.1) is 6.92 Å². The summed E-state index contributed by atoms with van der Waals surface area (Å²) in [5, 5.41) is 9.52. The second kappa shape index (κ2) is 5.61. The zero-order valence-electron chi connectivity index (χ0n) is 11.9. The molecule has 1 amide bonds. The van der Waals surface area contributed by atoms with E-state index in [0.29, 0.717) is 11.6 Å². The summed E-state index contributed by atoms with van der Waals surface area (Å²) in [6, 6.07) is 5.49. The zero-order chi connectivity index (χ0) is 14.0. The molecule has 1 N–H and O–H groups in total. The molecule has 4 nitrogen and oxygen atoms in total. The van der Waals surface area contributed by atoms with Gasteiger partial charge in [0.25, 0.3) is 5.91 Å². The van der Waals surface area contributed by atoms with Crippen LogP contribution >= 0.6 is 0 Å². The average Bonchev–Trinajstić information content (AvgIpc) is 2.41. The zero-order valence-corrected chi connectivity index (χ0v) is 11.9. The number of likely N-dealkylation sites (N-methyl/N-ethyl adjacent to an activating group) is 1. The van der Waals surface area contributed by atoms with E-state index in [0.717, 1.165) is 31.6 Å². The summed E-state index contributed by atoms with van der Waals surface area (Å²) in [4.78, 5) is 16.7. The number of phenolic OH excluding ortho intramolecular Hbond substituents is 1. The summed E-state index contributed by atoms with van der Waals surface area (Å²) in [6.45, 7) is 6.43. The van der Waals surface area contributed by atoms with Crippen LogP contribution in [0.5, 0.6) is 5.75 Å². The largest absolute Gasteiger partial charge is 0.508 e. The van der Waals surface area contributed by atoms with Crippen LogP contribution < -0.4 is 0 Å². The van der Waals surface area contributed by atoms with Gasteiger partial charge < -0.3 is 10.0 Å². The SMILES string of the molecule is CCC1CN(C(=O)c2ccc(O)c(C)c2)CCN1C. The monoisotopic (exact) mass is 262 g/mol. The maximum atomic E-state index is 12.5. The van der Waals surface area contributed by atoms with Crippen molar-refractivity contribution in [3.05, 3.63) is 29.3 Å². The number of aromatic hydroxyl groups is 1. The minimum absolute atomic E-state index is 0.0645. The Labute approximate surface area is 114 Å². The third-order valence-electron chi connectivity index (χ3n) is 3.98. The minimum Gasteiger partial charge on any atom is -0.508 e. The quantitative estimate of drug-likeness (QED) is 0.885. The van der Waals surface area contributed by atoms with Crippen LogP contribution in [-0.2, 0) is 0 Å². The number of hydrogen-bond acceptors (Lipinski definition) is 3. The molecule has 1 aliphatic rings. The predicted molar refractivity (Wildman–Crippen MR) is 75.5 cm³/mol. The van der Waals surface area contributed by atoms with Gasteiger partial charge in [-0.3, -0.25) is 9.69 Å². The van der Waals surface area contributed by atoms with Gasteiger partial charge in [-0.1, -0.05) is 6.92 Å². The van der Waals surface area contributed by atoms with E-state index in [9.17, 15) is 9.90 Å². The number of nitrogens with zero attached hydrogens (tertiary/aromatic N) is 2. The van der Waals surface area contributed by atoms with Gasteiger partial charge in [-0.25, -0.2) is 0 Å². The summed E-state index contributed by atoms with van der Waals surface area (Å²) in [7, 11) is 2.11. The summed E-state index contributed by atoms with van der Waals surface area (Å²) in [5.74, 6) is 0.302. The van der Waals surface area contributed by atoms with Crippen LogP contribution in [0.25, 0.3) is 0 Å². The van der Waals surface area contributed by atoms with Crippen LogP contribution in [0.3, 0.4) is 0 Å². The van der Waals surface area contributed by atoms with Crippen molar-refractivity contribution in [1.29, 1.82) is 0 Å². The van der Waals surface area contributed by atoms with E-state index >= 15 is 0 Å². The van der Waals surface area contributed by atoms with Crippen LogP contribution in [0.2, 0.25) is 0 Å². The summed E-state index contributed by atoms with van der Waals surface area (Å²) in [6.07, 6.45) is 1.05. The topological polar surface area (TPSA) is 43.8 Å². The molecule has 1 saturated heterocycles. The van der Waals surface area contributed by atoms with Crippen molar-refractivity contribution in [3.63, 3.8) is 0 Å². The van der Waals surface area contributed by atoms with Crippen molar-refractivity contribution in [2.45, 2.75) is 26.3 Å². The fraction of sp³-hybridized carbons (Fsp3) is 0.533. The number of amides is 1. The normalized spacial score (nSPS) is 20.6. The number of benzene rings is 1. The number of carbonyl (C=O) groups excluding carboxylic acids is 1. The highest BCUT2D eigenvalue weighted by Gasteiger charge is 2.26. The number of hydrogen-bond donors (Lipinski definition) is 1. The molecule has 1 atom stereocenters.